The van der Waals surface area contributed by atoms with E-state index in [0.29, 0.717) is 38.5 Å². The molecule has 2 aliphatic rings. The van der Waals surface area contributed by atoms with Gasteiger partial charge in [-0.15, -0.1) is 0 Å². The molecule has 0 heterocycles. The lowest BCUT2D eigenvalue weighted by molar-refractivity contribution is -0.387. The molecule has 0 aliphatic heterocycles. The van der Waals surface area contributed by atoms with Gasteiger partial charge in [0.1, 0.15) is 11.2 Å². The number of rotatable bonds is 11. The molecule has 2 saturated carbocycles. The van der Waals surface area contributed by atoms with Crippen LogP contribution in [-0.2, 0) is 19.5 Å². The van der Waals surface area contributed by atoms with E-state index in [1.807, 2.05) is 0 Å². The molecule has 41 heavy (non-hydrogen) atoms. The summed E-state index contributed by atoms with van der Waals surface area (Å²) in [5, 5.41) is 17.3. The number of carbonyl (C=O) groups excluding carboxylic acids is 2. The van der Waals surface area contributed by atoms with Crippen LogP contribution in [0.15, 0.2) is 29.2 Å². The highest BCUT2D eigenvalue weighted by Gasteiger charge is 2.37. The molecule has 0 spiro atoms. The van der Waals surface area contributed by atoms with Crippen LogP contribution in [0.2, 0.25) is 0 Å². The zero-order chi connectivity index (χ0) is 30.6. The van der Waals surface area contributed by atoms with Gasteiger partial charge in [0.2, 0.25) is 10.0 Å². The number of nitro benzene ring substituents is 1. The minimum Gasteiger partial charge on any atom is -0.444 e. The molecule has 12 nitrogen and oxygen atoms in total. The molecule has 1 aromatic rings. The predicted octanol–water partition coefficient (Wildman–Crippen LogP) is 4.97. The number of nitro groups is 1. The molecule has 0 unspecified atom stereocenters. The average Bonchev–Trinajstić information content (AvgIpc) is 2.77. The maximum Gasteiger partial charge on any atom is 0.407 e. The largest absolute Gasteiger partial charge is 0.444 e. The summed E-state index contributed by atoms with van der Waals surface area (Å²) < 4.78 is 39.3. The first-order valence-electron chi connectivity index (χ1n) is 14.2. The Morgan fingerprint density at radius 3 is 1.68 bits per heavy atom. The van der Waals surface area contributed by atoms with E-state index in [0.717, 1.165) is 0 Å². The molecule has 13 heteroatoms. The highest BCUT2D eigenvalue weighted by atomic mass is 32.2. The fraction of sp³-hybridized carbons (Fsp3) is 0.714. The maximum absolute atomic E-state index is 13.7. The number of hydrogen-bond acceptors (Lipinski definition) is 8. The molecule has 2 N–H and O–H groups in total. The monoisotopic (exact) mass is 596 g/mol. The van der Waals surface area contributed by atoms with Gasteiger partial charge in [-0.25, -0.2) is 18.0 Å². The van der Waals surface area contributed by atoms with Crippen LogP contribution < -0.4 is 10.6 Å². The summed E-state index contributed by atoms with van der Waals surface area (Å²) >= 11 is 0. The number of ether oxygens (including phenoxy) is 2. The zero-order valence-corrected chi connectivity index (χ0v) is 25.7. The first-order chi connectivity index (χ1) is 18.9. The zero-order valence-electron chi connectivity index (χ0n) is 24.8. The summed E-state index contributed by atoms with van der Waals surface area (Å²) in [4.78, 5) is 34.7. The Balaban J connectivity index is 1.58. The molecule has 2 fully saturated rings. The number of amides is 2. The molecule has 0 bridgehead atoms. The molecule has 0 saturated heterocycles. The molecule has 1 aromatic carbocycles. The fourth-order valence-corrected chi connectivity index (χ4v) is 6.72. The minimum absolute atomic E-state index is 0.0282. The second-order valence-corrected chi connectivity index (χ2v) is 15.0. The summed E-state index contributed by atoms with van der Waals surface area (Å²) in [5.74, 6) is 0.425. The molecule has 0 aromatic heterocycles. The van der Waals surface area contributed by atoms with Gasteiger partial charge in [0, 0.05) is 31.2 Å². The van der Waals surface area contributed by atoms with Gasteiger partial charge < -0.3 is 20.1 Å². The van der Waals surface area contributed by atoms with Crippen LogP contribution >= 0.6 is 0 Å². The van der Waals surface area contributed by atoms with Gasteiger partial charge in [0.05, 0.1) is 4.92 Å². The molecule has 230 valence electrons. The van der Waals surface area contributed by atoms with E-state index in [2.05, 4.69) is 10.6 Å². The number of para-hydroxylation sites is 1. The molecule has 0 radical (unpaired) electrons. The first-order valence-corrected chi connectivity index (χ1v) is 15.6. The number of hydrogen-bond donors (Lipinski definition) is 2. The van der Waals surface area contributed by atoms with Crippen molar-refractivity contribution in [2.75, 3.05) is 13.1 Å². The van der Waals surface area contributed by atoms with E-state index in [1.54, 1.807) is 41.5 Å². The van der Waals surface area contributed by atoms with Crippen molar-refractivity contribution < 1.29 is 32.4 Å². The van der Waals surface area contributed by atoms with Crippen molar-refractivity contribution in [3.63, 3.8) is 0 Å². The lowest BCUT2D eigenvalue weighted by Gasteiger charge is -2.38. The van der Waals surface area contributed by atoms with Gasteiger partial charge in [-0.05, 0) is 98.0 Å². The SMILES string of the molecule is CC(C)(C)OC(=O)NC1CC(CCN(CCC2CC(NC(=O)OC(C)(C)C)C2)S(=O)(=O)c2ccccc2[N+](=O)[O-])C1. The third-order valence-electron chi connectivity index (χ3n) is 7.17. The van der Waals surface area contributed by atoms with E-state index in [4.69, 9.17) is 9.47 Å². The van der Waals surface area contributed by atoms with Crippen molar-refractivity contribution in [1.82, 2.24) is 14.9 Å². The highest BCUT2D eigenvalue weighted by molar-refractivity contribution is 7.89. The normalized spacial score (nSPS) is 22.7. The maximum atomic E-state index is 13.7. The van der Waals surface area contributed by atoms with Crippen LogP contribution in [0.5, 0.6) is 0 Å². The van der Waals surface area contributed by atoms with Crippen LogP contribution in [-0.4, -0.2) is 66.2 Å². The topological polar surface area (TPSA) is 157 Å². The van der Waals surface area contributed by atoms with Crippen LogP contribution in [0.25, 0.3) is 0 Å². The van der Waals surface area contributed by atoms with E-state index in [9.17, 15) is 28.1 Å². The molecule has 2 aliphatic carbocycles. The lowest BCUT2D eigenvalue weighted by atomic mass is 9.78. The van der Waals surface area contributed by atoms with Gasteiger partial charge >= 0.3 is 12.2 Å². The van der Waals surface area contributed by atoms with Gasteiger partial charge in [0.25, 0.3) is 5.69 Å². The lowest BCUT2D eigenvalue weighted by Crippen LogP contribution is -2.47. The Kier molecular flexibility index (Phi) is 10.3. The smallest absolute Gasteiger partial charge is 0.407 e. The van der Waals surface area contributed by atoms with Crippen molar-refractivity contribution in [2.45, 2.75) is 108 Å². The van der Waals surface area contributed by atoms with Crippen molar-refractivity contribution in [1.29, 1.82) is 0 Å². The van der Waals surface area contributed by atoms with Gasteiger partial charge in [-0.2, -0.15) is 4.31 Å². The Labute approximate surface area is 242 Å². The molecular formula is C28H44N4O8S. The van der Waals surface area contributed by atoms with Crippen molar-refractivity contribution in [2.24, 2.45) is 11.8 Å². The van der Waals surface area contributed by atoms with Gasteiger partial charge in [-0.1, -0.05) is 12.1 Å². The Bertz CT molecular complexity index is 1150. The van der Waals surface area contributed by atoms with Crippen LogP contribution in [0.1, 0.15) is 80.1 Å². The Hall–Kier alpha value is -2.93. The quantitative estimate of drug-likeness (QED) is 0.268. The molecule has 0 atom stereocenters. The molecule has 3 rings (SSSR count). The van der Waals surface area contributed by atoms with E-state index >= 15 is 0 Å². The summed E-state index contributed by atoms with van der Waals surface area (Å²) in [6, 6.07) is 5.34. The molecule has 2 amide bonds. The summed E-state index contributed by atoms with van der Waals surface area (Å²) in [6.07, 6.45) is 3.03. The minimum atomic E-state index is -4.13. The van der Waals surface area contributed by atoms with Crippen LogP contribution in [0, 0.1) is 22.0 Å². The summed E-state index contributed by atoms with van der Waals surface area (Å²) in [7, 11) is -4.13. The second kappa shape index (κ2) is 12.9. The predicted molar refractivity (Wildman–Crippen MR) is 153 cm³/mol. The second-order valence-electron chi connectivity index (χ2n) is 13.1. The molecular weight excluding hydrogens is 552 g/mol. The summed E-state index contributed by atoms with van der Waals surface area (Å²) in [5.41, 5.74) is -1.63. The van der Waals surface area contributed by atoms with E-state index in [1.165, 1.54) is 28.6 Å². The van der Waals surface area contributed by atoms with E-state index < -0.39 is 44.0 Å². The van der Waals surface area contributed by atoms with Crippen LogP contribution in [0.4, 0.5) is 15.3 Å². The van der Waals surface area contributed by atoms with Gasteiger partial charge in [0.15, 0.2) is 4.90 Å². The van der Waals surface area contributed by atoms with Crippen molar-refractivity contribution in [3.8, 4) is 0 Å². The Morgan fingerprint density at radius 1 is 0.878 bits per heavy atom. The highest BCUT2D eigenvalue weighted by Crippen LogP contribution is 2.35. The van der Waals surface area contributed by atoms with Crippen LogP contribution in [0.3, 0.4) is 0 Å². The number of nitrogens with one attached hydrogen (secondary N) is 2. The third-order valence-corrected chi connectivity index (χ3v) is 9.11. The number of carbonyl (C=O) groups is 2. The number of alkyl carbamates (subject to hydrolysis) is 2. The summed E-state index contributed by atoms with van der Waals surface area (Å²) in [6.45, 7) is 11.2. The van der Waals surface area contributed by atoms with Gasteiger partial charge in [-0.3, -0.25) is 10.1 Å². The van der Waals surface area contributed by atoms with E-state index in [-0.39, 0.29) is 41.9 Å². The average molecular weight is 597 g/mol. The standard InChI is InChI=1S/C28H44N4O8S/c1-27(2,3)39-25(33)29-21-15-19(16-21)11-13-31(41(37,38)24-10-8-7-9-23(24)32(35)36)14-12-20-17-22(18-20)30-26(34)40-28(4,5)6/h7-10,19-22H,11-18H2,1-6H3,(H,29,33)(H,30,34). The number of nitrogens with zero attached hydrogens (tertiary/aromatic N) is 2. The fourth-order valence-electron chi connectivity index (χ4n) is 5.10. The number of benzene rings is 1. The van der Waals surface area contributed by atoms with Crippen molar-refractivity contribution >= 4 is 27.9 Å². The van der Waals surface area contributed by atoms with Crippen molar-refractivity contribution in [3.05, 3.63) is 34.4 Å². The Morgan fingerprint density at radius 2 is 1.29 bits per heavy atom. The number of sulfonamides is 1. The first kappa shape index (κ1) is 32.6. The third kappa shape index (κ3) is 9.84.